The van der Waals surface area contributed by atoms with Gasteiger partial charge in [0.15, 0.2) is 0 Å². The zero-order valence-electron chi connectivity index (χ0n) is 7.99. The molecule has 0 bridgehead atoms. The Labute approximate surface area is 79.1 Å². The lowest BCUT2D eigenvalue weighted by Crippen LogP contribution is -2.21. The van der Waals surface area contributed by atoms with E-state index in [0.717, 1.165) is 25.3 Å². The summed E-state index contributed by atoms with van der Waals surface area (Å²) in [4.78, 5) is 3.95. The van der Waals surface area contributed by atoms with E-state index in [9.17, 15) is 0 Å². The first kappa shape index (κ1) is 9.99. The molecule has 0 spiro atoms. The van der Waals surface area contributed by atoms with Gasteiger partial charge in [-0.3, -0.25) is 4.98 Å². The summed E-state index contributed by atoms with van der Waals surface area (Å²) in [5, 5.41) is 3.26. The number of hydrogen-bond acceptors (Lipinski definition) is 3. The van der Waals surface area contributed by atoms with E-state index in [4.69, 9.17) is 4.74 Å². The van der Waals surface area contributed by atoms with Gasteiger partial charge in [-0.15, -0.1) is 0 Å². The predicted octanol–water partition coefficient (Wildman–Crippen LogP) is 1.46. The molecule has 1 heterocycles. The molecule has 1 N–H and O–H groups in total. The SMILES string of the molecule is CCCNCCOc1cccnc1. The summed E-state index contributed by atoms with van der Waals surface area (Å²) in [6.45, 7) is 4.79. The maximum Gasteiger partial charge on any atom is 0.137 e. The van der Waals surface area contributed by atoms with Crippen molar-refractivity contribution in [3.8, 4) is 5.75 Å². The number of hydrogen-bond donors (Lipinski definition) is 1. The number of nitrogens with one attached hydrogen (secondary N) is 1. The van der Waals surface area contributed by atoms with Crippen molar-refractivity contribution in [1.29, 1.82) is 0 Å². The molecule has 0 unspecified atom stereocenters. The van der Waals surface area contributed by atoms with Gasteiger partial charge in [-0.1, -0.05) is 6.92 Å². The van der Waals surface area contributed by atoms with Crippen molar-refractivity contribution in [2.24, 2.45) is 0 Å². The van der Waals surface area contributed by atoms with Crippen molar-refractivity contribution in [3.63, 3.8) is 0 Å². The Morgan fingerprint density at radius 2 is 2.38 bits per heavy atom. The Balaban J connectivity index is 2.07. The Bertz CT molecular complexity index is 213. The topological polar surface area (TPSA) is 34.1 Å². The van der Waals surface area contributed by atoms with Crippen LogP contribution in [0.2, 0.25) is 0 Å². The molecule has 72 valence electrons. The quantitative estimate of drug-likeness (QED) is 0.673. The van der Waals surface area contributed by atoms with Crippen molar-refractivity contribution in [1.82, 2.24) is 10.3 Å². The van der Waals surface area contributed by atoms with Crippen molar-refractivity contribution in [2.75, 3.05) is 19.7 Å². The highest BCUT2D eigenvalue weighted by Gasteiger charge is 1.90. The molecule has 0 saturated carbocycles. The highest BCUT2D eigenvalue weighted by atomic mass is 16.5. The molecule has 1 rings (SSSR count). The van der Waals surface area contributed by atoms with Crippen molar-refractivity contribution in [3.05, 3.63) is 24.5 Å². The minimum absolute atomic E-state index is 0.700. The van der Waals surface area contributed by atoms with Gasteiger partial charge in [0, 0.05) is 12.7 Å². The van der Waals surface area contributed by atoms with Gasteiger partial charge in [0.1, 0.15) is 12.4 Å². The summed E-state index contributed by atoms with van der Waals surface area (Å²) in [6, 6.07) is 3.78. The third-order valence-electron chi connectivity index (χ3n) is 1.61. The Kier molecular flexibility index (Phi) is 4.94. The first-order chi connectivity index (χ1) is 6.43. The molecule has 3 nitrogen and oxygen atoms in total. The normalized spacial score (nSPS) is 9.92. The molecule has 13 heavy (non-hydrogen) atoms. The van der Waals surface area contributed by atoms with Crippen molar-refractivity contribution in [2.45, 2.75) is 13.3 Å². The van der Waals surface area contributed by atoms with Crippen LogP contribution in [-0.4, -0.2) is 24.7 Å². The predicted molar refractivity (Wildman–Crippen MR) is 52.9 cm³/mol. The van der Waals surface area contributed by atoms with E-state index < -0.39 is 0 Å². The summed E-state index contributed by atoms with van der Waals surface area (Å²) in [7, 11) is 0. The van der Waals surface area contributed by atoms with E-state index in [-0.39, 0.29) is 0 Å². The molecule has 0 radical (unpaired) electrons. The summed E-state index contributed by atoms with van der Waals surface area (Å²) in [5.74, 6) is 0.834. The van der Waals surface area contributed by atoms with Crippen LogP contribution in [0, 0.1) is 0 Å². The molecular formula is C10H16N2O. The van der Waals surface area contributed by atoms with Gasteiger partial charge in [-0.25, -0.2) is 0 Å². The summed E-state index contributed by atoms with van der Waals surface area (Å²) >= 11 is 0. The molecule has 0 aliphatic rings. The average Bonchev–Trinajstić information content (AvgIpc) is 2.19. The van der Waals surface area contributed by atoms with Crippen molar-refractivity contribution < 1.29 is 4.74 Å². The Hall–Kier alpha value is -1.09. The van der Waals surface area contributed by atoms with Crippen LogP contribution < -0.4 is 10.1 Å². The number of rotatable bonds is 6. The molecule has 0 fully saturated rings. The molecule has 3 heteroatoms. The minimum Gasteiger partial charge on any atom is -0.491 e. The molecule has 0 atom stereocenters. The van der Waals surface area contributed by atoms with E-state index in [1.54, 1.807) is 12.4 Å². The fourth-order valence-electron chi connectivity index (χ4n) is 0.975. The van der Waals surface area contributed by atoms with Crippen LogP contribution in [0.15, 0.2) is 24.5 Å². The summed E-state index contributed by atoms with van der Waals surface area (Å²) in [6.07, 6.45) is 4.62. The monoisotopic (exact) mass is 180 g/mol. The molecule has 0 saturated heterocycles. The average molecular weight is 180 g/mol. The minimum atomic E-state index is 0.700. The number of nitrogens with zero attached hydrogens (tertiary/aromatic N) is 1. The maximum atomic E-state index is 5.43. The number of pyridine rings is 1. The van der Waals surface area contributed by atoms with Crippen LogP contribution >= 0.6 is 0 Å². The third kappa shape index (κ3) is 4.48. The van der Waals surface area contributed by atoms with E-state index in [2.05, 4.69) is 17.2 Å². The van der Waals surface area contributed by atoms with Gasteiger partial charge < -0.3 is 10.1 Å². The van der Waals surface area contributed by atoms with Crippen LogP contribution in [-0.2, 0) is 0 Å². The van der Waals surface area contributed by atoms with Crippen molar-refractivity contribution >= 4 is 0 Å². The van der Waals surface area contributed by atoms with Crippen LogP contribution in [0.5, 0.6) is 5.75 Å². The van der Waals surface area contributed by atoms with Gasteiger partial charge in [-0.2, -0.15) is 0 Å². The zero-order chi connectivity index (χ0) is 9.36. The van der Waals surface area contributed by atoms with Gasteiger partial charge >= 0.3 is 0 Å². The molecule has 0 aliphatic heterocycles. The lowest BCUT2D eigenvalue weighted by atomic mass is 10.4. The standard InChI is InChI=1S/C10H16N2O/c1-2-5-11-7-8-13-10-4-3-6-12-9-10/h3-4,6,9,11H,2,5,7-8H2,1H3. The largest absolute Gasteiger partial charge is 0.491 e. The molecule has 1 aromatic heterocycles. The Morgan fingerprint density at radius 1 is 1.46 bits per heavy atom. The first-order valence-corrected chi connectivity index (χ1v) is 4.67. The fraction of sp³-hybridized carbons (Fsp3) is 0.500. The van der Waals surface area contributed by atoms with Crippen LogP contribution in [0.4, 0.5) is 0 Å². The smallest absolute Gasteiger partial charge is 0.137 e. The lowest BCUT2D eigenvalue weighted by Gasteiger charge is -2.05. The van der Waals surface area contributed by atoms with E-state index in [1.807, 2.05) is 12.1 Å². The second kappa shape index (κ2) is 6.43. The second-order valence-electron chi connectivity index (χ2n) is 2.79. The third-order valence-corrected chi connectivity index (χ3v) is 1.61. The molecule has 1 aromatic rings. The second-order valence-corrected chi connectivity index (χ2v) is 2.79. The molecular weight excluding hydrogens is 164 g/mol. The lowest BCUT2D eigenvalue weighted by molar-refractivity contribution is 0.313. The first-order valence-electron chi connectivity index (χ1n) is 4.67. The number of aromatic nitrogens is 1. The van der Waals surface area contributed by atoms with Crippen LogP contribution in [0.3, 0.4) is 0 Å². The van der Waals surface area contributed by atoms with Gasteiger partial charge in [0.25, 0.3) is 0 Å². The molecule has 0 aliphatic carbocycles. The maximum absolute atomic E-state index is 5.43. The highest BCUT2D eigenvalue weighted by molar-refractivity contribution is 5.15. The van der Waals surface area contributed by atoms with Gasteiger partial charge in [-0.05, 0) is 25.1 Å². The summed E-state index contributed by atoms with van der Waals surface area (Å²) in [5.41, 5.74) is 0. The van der Waals surface area contributed by atoms with Gasteiger partial charge in [0.2, 0.25) is 0 Å². The highest BCUT2D eigenvalue weighted by Crippen LogP contribution is 2.04. The number of ether oxygens (including phenoxy) is 1. The van der Waals surface area contributed by atoms with Crippen LogP contribution in [0.1, 0.15) is 13.3 Å². The molecule has 0 amide bonds. The van der Waals surface area contributed by atoms with Gasteiger partial charge in [0.05, 0.1) is 6.20 Å². The van der Waals surface area contributed by atoms with E-state index in [1.165, 1.54) is 0 Å². The van der Waals surface area contributed by atoms with E-state index >= 15 is 0 Å². The summed E-state index contributed by atoms with van der Waals surface area (Å²) < 4.78 is 5.43. The van der Waals surface area contributed by atoms with E-state index in [0.29, 0.717) is 6.61 Å². The fourth-order valence-corrected chi connectivity index (χ4v) is 0.975. The molecule has 0 aromatic carbocycles. The Morgan fingerprint density at radius 3 is 3.08 bits per heavy atom. The van der Waals surface area contributed by atoms with Crippen LogP contribution in [0.25, 0.3) is 0 Å². The zero-order valence-corrected chi connectivity index (χ0v) is 7.99.